The summed E-state index contributed by atoms with van der Waals surface area (Å²) in [6.07, 6.45) is 24.8. The van der Waals surface area contributed by atoms with E-state index in [2.05, 4.69) is 204 Å². The van der Waals surface area contributed by atoms with Crippen molar-refractivity contribution in [3.63, 3.8) is 0 Å². The lowest BCUT2D eigenvalue weighted by Crippen LogP contribution is -2.46. The Kier molecular flexibility index (Phi) is 7.05. The monoisotopic (exact) mass is 726 g/mol. The summed E-state index contributed by atoms with van der Waals surface area (Å²) in [5.41, 5.74) is 20.6. The molecule has 56 heavy (non-hydrogen) atoms. The van der Waals surface area contributed by atoms with Crippen molar-refractivity contribution in [1.82, 2.24) is 5.32 Å². The SMILES string of the molecule is CC1(C)C2=CC3C=CC=CC3C(C3=CC=CC(N(C4=CCC5C(=C4)C(C)(C)c4ccccc45)c4ccc5c(c4)C(C)(C)c4ccccc4-5)N3)=C2c2ccccc21. The van der Waals surface area contributed by atoms with E-state index in [4.69, 9.17) is 0 Å². The lowest BCUT2D eigenvalue weighted by atomic mass is 9.69. The van der Waals surface area contributed by atoms with E-state index in [9.17, 15) is 0 Å². The first-order chi connectivity index (χ1) is 27.0. The van der Waals surface area contributed by atoms with Gasteiger partial charge >= 0.3 is 0 Å². The van der Waals surface area contributed by atoms with Gasteiger partial charge in [-0.3, -0.25) is 0 Å². The Labute approximate surface area is 332 Å². The van der Waals surface area contributed by atoms with Crippen LogP contribution in [0.25, 0.3) is 16.7 Å². The molecule has 0 amide bonds. The summed E-state index contributed by atoms with van der Waals surface area (Å²) in [4.78, 5) is 2.59. The number of nitrogens with zero attached hydrogens (tertiary/aromatic N) is 1. The fourth-order valence-corrected chi connectivity index (χ4v) is 11.6. The minimum Gasteiger partial charge on any atom is -0.361 e. The molecule has 7 aliphatic rings. The van der Waals surface area contributed by atoms with Crippen LogP contribution in [0.5, 0.6) is 0 Å². The molecule has 1 N–H and O–H groups in total. The number of anilines is 1. The van der Waals surface area contributed by atoms with Crippen LogP contribution in [0.3, 0.4) is 0 Å². The Morgan fingerprint density at radius 3 is 2.16 bits per heavy atom. The normalized spacial score (nSPS) is 26.0. The van der Waals surface area contributed by atoms with E-state index < -0.39 is 0 Å². The molecule has 4 aromatic carbocycles. The van der Waals surface area contributed by atoms with Gasteiger partial charge in [-0.2, -0.15) is 0 Å². The van der Waals surface area contributed by atoms with E-state index in [-0.39, 0.29) is 28.3 Å². The maximum absolute atomic E-state index is 4.21. The van der Waals surface area contributed by atoms with E-state index in [1.165, 1.54) is 83.9 Å². The van der Waals surface area contributed by atoms with Gasteiger partial charge in [0, 0.05) is 51.1 Å². The van der Waals surface area contributed by atoms with Gasteiger partial charge in [0.2, 0.25) is 0 Å². The molecule has 4 atom stereocenters. The van der Waals surface area contributed by atoms with Gasteiger partial charge in [-0.15, -0.1) is 0 Å². The predicted molar refractivity (Wildman–Crippen MR) is 233 cm³/mol. The summed E-state index contributed by atoms with van der Waals surface area (Å²) in [7, 11) is 0. The van der Waals surface area contributed by atoms with E-state index >= 15 is 0 Å². The van der Waals surface area contributed by atoms with Crippen LogP contribution in [0.15, 0.2) is 180 Å². The first-order valence-electron chi connectivity index (χ1n) is 20.7. The standard InChI is InChI=1S/C54H50N2/c1-52(2)42-21-12-9-18-37(42)39-28-26-34(31-45(39)52)56(35-27-29-40-38-19-10-13-22-43(38)53(3,4)46(40)32-35)49-25-15-24-48(55-49)51-36-17-8-7-16-33(36)30-47-50(51)41-20-11-14-23-44(41)54(47,5)6/h7-28,30-33,36,40,49,55H,29H2,1-6H3. The smallest absolute Gasteiger partial charge is 0.123 e. The zero-order valence-corrected chi connectivity index (χ0v) is 33.4. The molecule has 276 valence electrons. The summed E-state index contributed by atoms with van der Waals surface area (Å²) in [6, 6.07) is 34.5. The van der Waals surface area contributed by atoms with Crippen molar-refractivity contribution in [2.75, 3.05) is 4.90 Å². The molecule has 0 saturated heterocycles. The fraction of sp³-hybridized carbons (Fsp3) is 0.259. The highest BCUT2D eigenvalue weighted by Crippen LogP contribution is 2.58. The Hall–Kier alpha value is -5.60. The van der Waals surface area contributed by atoms with Gasteiger partial charge in [-0.05, 0) is 98.0 Å². The molecule has 11 rings (SSSR count). The lowest BCUT2D eigenvalue weighted by molar-refractivity contribution is 0.571. The van der Waals surface area contributed by atoms with Crippen LogP contribution >= 0.6 is 0 Å². The summed E-state index contributed by atoms with van der Waals surface area (Å²) in [5, 5.41) is 4.21. The Bertz CT molecular complexity index is 2640. The second-order valence-electron chi connectivity index (χ2n) is 18.5. The van der Waals surface area contributed by atoms with Gasteiger partial charge in [0.25, 0.3) is 0 Å². The third kappa shape index (κ3) is 4.56. The Morgan fingerprint density at radius 2 is 1.34 bits per heavy atom. The van der Waals surface area contributed by atoms with Gasteiger partial charge in [-0.25, -0.2) is 0 Å². The van der Waals surface area contributed by atoms with Crippen LogP contribution in [-0.2, 0) is 16.2 Å². The third-order valence-electron chi connectivity index (χ3n) is 14.5. The van der Waals surface area contributed by atoms with Crippen LogP contribution in [0.2, 0.25) is 0 Å². The number of nitrogens with one attached hydrogen (secondary N) is 1. The number of dihydropyridines is 1. The molecule has 0 aromatic heterocycles. The van der Waals surface area contributed by atoms with Crippen LogP contribution in [-0.4, -0.2) is 6.17 Å². The number of hydrogen-bond acceptors (Lipinski definition) is 2. The minimum atomic E-state index is -0.0971. The van der Waals surface area contributed by atoms with E-state index in [1.54, 1.807) is 0 Å². The van der Waals surface area contributed by atoms with Gasteiger partial charge in [0.15, 0.2) is 0 Å². The first kappa shape index (κ1) is 33.7. The molecule has 0 saturated carbocycles. The van der Waals surface area contributed by atoms with Crippen molar-refractivity contribution in [1.29, 1.82) is 0 Å². The van der Waals surface area contributed by atoms with E-state index in [1.807, 2.05) is 0 Å². The minimum absolute atomic E-state index is 0.0370. The molecule has 4 aromatic rings. The molecule has 2 heteroatoms. The second kappa shape index (κ2) is 11.7. The van der Waals surface area contributed by atoms with Gasteiger partial charge in [0.05, 0.1) is 0 Å². The molecule has 6 aliphatic carbocycles. The molecule has 2 nitrogen and oxygen atoms in total. The van der Waals surface area contributed by atoms with E-state index in [0.29, 0.717) is 11.8 Å². The lowest BCUT2D eigenvalue weighted by Gasteiger charge is -2.41. The molecule has 0 spiro atoms. The largest absolute Gasteiger partial charge is 0.361 e. The van der Waals surface area contributed by atoms with Crippen molar-refractivity contribution >= 4 is 11.3 Å². The van der Waals surface area contributed by atoms with Crippen LogP contribution in [0, 0.1) is 11.8 Å². The van der Waals surface area contributed by atoms with Crippen LogP contribution in [0.4, 0.5) is 5.69 Å². The van der Waals surface area contributed by atoms with Crippen molar-refractivity contribution in [2.45, 2.75) is 76.3 Å². The zero-order valence-electron chi connectivity index (χ0n) is 33.4. The maximum Gasteiger partial charge on any atom is 0.123 e. The van der Waals surface area contributed by atoms with Crippen molar-refractivity contribution in [2.24, 2.45) is 11.8 Å². The van der Waals surface area contributed by atoms with Crippen molar-refractivity contribution < 1.29 is 0 Å². The number of fused-ring (bicyclic) bond motifs is 10. The molecule has 0 radical (unpaired) electrons. The Morgan fingerprint density at radius 1 is 0.643 bits per heavy atom. The molecule has 0 fully saturated rings. The highest BCUT2D eigenvalue weighted by Gasteiger charge is 2.46. The molecule has 1 heterocycles. The Balaban J connectivity index is 1.06. The van der Waals surface area contributed by atoms with Gasteiger partial charge in [0.1, 0.15) is 6.17 Å². The predicted octanol–water partition coefficient (Wildman–Crippen LogP) is 12.5. The van der Waals surface area contributed by atoms with Crippen molar-refractivity contribution in [3.8, 4) is 11.1 Å². The van der Waals surface area contributed by atoms with Crippen molar-refractivity contribution in [3.05, 3.63) is 213 Å². The quantitative estimate of drug-likeness (QED) is 0.225. The fourth-order valence-electron chi connectivity index (χ4n) is 11.6. The highest BCUT2D eigenvalue weighted by atomic mass is 15.3. The highest BCUT2D eigenvalue weighted by molar-refractivity contribution is 5.95. The number of hydrogen-bond donors (Lipinski definition) is 1. The molecular weight excluding hydrogens is 677 g/mol. The summed E-state index contributed by atoms with van der Waals surface area (Å²) < 4.78 is 0. The van der Waals surface area contributed by atoms with Crippen LogP contribution < -0.4 is 10.2 Å². The summed E-state index contributed by atoms with van der Waals surface area (Å²) >= 11 is 0. The molecule has 4 unspecified atom stereocenters. The first-order valence-corrected chi connectivity index (χ1v) is 20.7. The third-order valence-corrected chi connectivity index (χ3v) is 14.5. The maximum atomic E-state index is 4.21. The molecule has 0 bridgehead atoms. The summed E-state index contributed by atoms with van der Waals surface area (Å²) in [5.74, 6) is 0.993. The molecular formula is C54H50N2. The second-order valence-corrected chi connectivity index (χ2v) is 18.5. The van der Waals surface area contributed by atoms with Crippen LogP contribution in [0.1, 0.15) is 87.3 Å². The van der Waals surface area contributed by atoms with Gasteiger partial charge < -0.3 is 10.2 Å². The number of benzene rings is 4. The summed E-state index contributed by atoms with van der Waals surface area (Å²) in [6.45, 7) is 14.4. The van der Waals surface area contributed by atoms with E-state index in [0.717, 1.165) is 6.42 Å². The topological polar surface area (TPSA) is 15.3 Å². The average molecular weight is 727 g/mol. The molecule has 1 aliphatic heterocycles. The average Bonchev–Trinajstić information content (AvgIpc) is 3.69. The number of rotatable bonds is 4. The van der Waals surface area contributed by atoms with Gasteiger partial charge in [-0.1, -0.05) is 169 Å². The zero-order chi connectivity index (χ0) is 38.1. The number of allylic oxidation sites excluding steroid dienone is 13.